The molecule has 3 unspecified atom stereocenters. The molecule has 0 aromatic heterocycles. The van der Waals surface area contributed by atoms with E-state index in [4.69, 9.17) is 24.6 Å². The van der Waals surface area contributed by atoms with Crippen molar-refractivity contribution in [1.82, 2.24) is 55.7 Å². The molecule has 11 atom stereocenters. The summed E-state index contributed by atoms with van der Waals surface area (Å²) in [4.78, 5) is 199. The van der Waals surface area contributed by atoms with E-state index in [1.165, 1.54) is 70.9 Å². The van der Waals surface area contributed by atoms with Gasteiger partial charge < -0.3 is 75.4 Å². The number of cyclic esters (lactones) is 2. The Kier molecular flexibility index (Phi) is 21.3. The van der Waals surface area contributed by atoms with Crippen LogP contribution in [0.2, 0.25) is 0 Å². The first-order valence-corrected chi connectivity index (χ1v) is 30.6. The zero-order chi connectivity index (χ0) is 67.8. The Hall–Kier alpha value is -8.76. The number of anilines is 1. The van der Waals surface area contributed by atoms with Crippen LogP contribution in [0.15, 0.2) is 21.3 Å². The van der Waals surface area contributed by atoms with Gasteiger partial charge in [0, 0.05) is 53.3 Å². The first kappa shape index (κ1) is 69.7. The molecule has 1 aromatic rings. The Morgan fingerprint density at radius 1 is 0.659 bits per heavy atom. The van der Waals surface area contributed by atoms with Crippen molar-refractivity contribution in [2.24, 2.45) is 23.7 Å². The van der Waals surface area contributed by atoms with Crippen molar-refractivity contribution in [2.75, 3.05) is 60.1 Å². The van der Waals surface area contributed by atoms with E-state index in [-0.39, 0.29) is 53.9 Å². The number of aromatic nitrogens is 1. The number of hydrogen-bond donors (Lipinski definition) is 6. The maximum atomic E-state index is 15.2. The number of esters is 2. The molecule has 1 aliphatic carbocycles. The Morgan fingerprint density at radius 2 is 1.13 bits per heavy atom. The molecule has 1 aromatic carbocycles. The van der Waals surface area contributed by atoms with Gasteiger partial charge in [-0.05, 0) is 75.8 Å². The van der Waals surface area contributed by atoms with Crippen molar-refractivity contribution >= 4 is 87.8 Å². The van der Waals surface area contributed by atoms with Crippen LogP contribution in [0.3, 0.4) is 0 Å². The van der Waals surface area contributed by atoms with E-state index < -0.39 is 197 Å². The van der Waals surface area contributed by atoms with Gasteiger partial charge in [0.25, 0.3) is 11.8 Å². The fraction of sp³-hybridized carbons (Fsp3) is 0.613. The lowest BCUT2D eigenvalue weighted by Crippen LogP contribution is -2.61. The molecule has 29 nitrogen and oxygen atoms in total. The van der Waals surface area contributed by atoms with E-state index in [1.54, 1.807) is 62.3 Å². The summed E-state index contributed by atoms with van der Waals surface area (Å²) in [5.41, 5.74) is 3.38. The van der Waals surface area contributed by atoms with Crippen molar-refractivity contribution < 1.29 is 76.5 Å². The van der Waals surface area contributed by atoms with Gasteiger partial charge in [-0.3, -0.25) is 52.7 Å². The van der Waals surface area contributed by atoms with Gasteiger partial charge in [-0.25, -0.2) is 14.6 Å². The monoisotopic (exact) mass is 1270 g/mol. The Labute approximate surface area is 527 Å². The number of nitrogen functional groups attached to an aromatic ring is 1. The van der Waals surface area contributed by atoms with Crippen LogP contribution in [0.4, 0.5) is 5.69 Å². The number of likely N-dealkylation sites (N-methyl/N-ethyl adjacent to an activating group) is 4. The minimum atomic E-state index is -1.94. The van der Waals surface area contributed by atoms with Crippen LogP contribution in [0.5, 0.6) is 0 Å². The topological polar surface area (TPSA) is 380 Å². The van der Waals surface area contributed by atoms with Crippen molar-refractivity contribution in [2.45, 2.75) is 169 Å². The molecule has 29 heteroatoms. The number of benzene rings is 2. The van der Waals surface area contributed by atoms with Gasteiger partial charge in [0.15, 0.2) is 11.3 Å². The molecule has 6 aliphatic rings. The second-order valence-electron chi connectivity index (χ2n) is 25.8. The summed E-state index contributed by atoms with van der Waals surface area (Å²) in [6.07, 6.45) is -3.77. The Morgan fingerprint density at radius 3 is 1.62 bits per heavy atom. The minimum Gasteiger partial charge on any atom is -0.458 e. The van der Waals surface area contributed by atoms with Crippen molar-refractivity contribution in [3.8, 4) is 11.5 Å². The molecular formula is C62H86N12O17. The van der Waals surface area contributed by atoms with Crippen LogP contribution < -0.4 is 32.4 Å². The van der Waals surface area contributed by atoms with Crippen molar-refractivity contribution in [3.63, 3.8) is 0 Å². The number of ether oxygens (including phenoxy) is 2. The van der Waals surface area contributed by atoms with Crippen LogP contribution in [-0.2, 0) is 57.4 Å². The van der Waals surface area contributed by atoms with Gasteiger partial charge in [-0.2, -0.15) is 0 Å². The minimum absolute atomic E-state index is 0.0925. The molecule has 0 radical (unpaired) electrons. The molecule has 0 spiro atoms. The third-order valence-electron chi connectivity index (χ3n) is 17.5. The number of nitrogens with two attached hydrogens (primary N) is 1. The lowest BCUT2D eigenvalue weighted by molar-refractivity contribution is -0.163. The smallest absolute Gasteiger partial charge is 0.329 e. The maximum Gasteiger partial charge on any atom is 0.329 e. The average molecular weight is 1270 g/mol. The Bertz CT molecular complexity index is 3460. The van der Waals surface area contributed by atoms with Gasteiger partial charge in [0.1, 0.15) is 71.8 Å². The highest BCUT2D eigenvalue weighted by molar-refractivity contribution is 6.10. The van der Waals surface area contributed by atoms with Crippen LogP contribution >= 0.6 is 0 Å². The van der Waals surface area contributed by atoms with E-state index in [1.807, 2.05) is 0 Å². The zero-order valence-electron chi connectivity index (χ0n) is 54.5. The number of rotatable bonds is 8. The normalized spacial score (nSPS) is 26.9. The number of fused-ring (bicyclic) bond motifs is 4. The molecular weight excluding hydrogens is 1180 g/mol. The van der Waals surface area contributed by atoms with Gasteiger partial charge in [0.05, 0.1) is 36.0 Å². The second kappa shape index (κ2) is 27.8. The number of hydrogen-bond acceptors (Lipinski definition) is 19. The quantitative estimate of drug-likeness (QED) is 0.0957. The van der Waals surface area contributed by atoms with E-state index >= 15 is 9.59 Å². The van der Waals surface area contributed by atoms with E-state index in [0.717, 1.165) is 19.6 Å². The second-order valence-corrected chi connectivity index (χ2v) is 25.8. The molecule has 7 rings (SSSR count). The summed E-state index contributed by atoms with van der Waals surface area (Å²) in [6, 6.07) is -8.46. The summed E-state index contributed by atoms with van der Waals surface area (Å²) in [7, 11) is 5.46. The molecule has 5 heterocycles. The number of carbonyl (C=O) groups is 12. The van der Waals surface area contributed by atoms with Crippen molar-refractivity contribution in [3.05, 3.63) is 44.6 Å². The summed E-state index contributed by atoms with van der Waals surface area (Å²) in [6.45, 7) is 17.5. The summed E-state index contributed by atoms with van der Waals surface area (Å²) < 4.78 is 18.3. The Balaban J connectivity index is 1.32. The van der Waals surface area contributed by atoms with Crippen LogP contribution in [0, 0.1) is 37.5 Å². The number of aliphatic hydroxyl groups is 1. The average Bonchev–Trinajstić information content (AvgIpc) is 1.68. The predicted molar refractivity (Wildman–Crippen MR) is 327 cm³/mol. The largest absolute Gasteiger partial charge is 0.458 e. The van der Waals surface area contributed by atoms with Gasteiger partial charge in [-0.15, -0.1) is 0 Å². The fourth-order valence-electron chi connectivity index (χ4n) is 12.3. The highest BCUT2D eigenvalue weighted by Crippen LogP contribution is 2.35. The summed E-state index contributed by atoms with van der Waals surface area (Å²) in [5.74, 6) is -13.1. The van der Waals surface area contributed by atoms with Gasteiger partial charge in [-0.1, -0.05) is 61.5 Å². The molecule has 5 aliphatic heterocycles. The molecule has 0 saturated carbocycles. The SMILES string of the molecule is Cc1c2oc3c(C)ccc(C(=O)N[C@@H]4C(=O)N[C@H](C(C)C)C(=O)N5CCC[C@H]5C(=O)N(C)CC(=O)N(C)[C@@H](C(C)C)C(=O)OC4C)c3nc-2c(C(=O)N[C@@H]2C(=O)N[C@H](C(C)C)C(=O)N3CC(O)C[C@H]3C(=O)N(C)CC(=O)N(C)[C@@H](C(C)C)C(=O)OC2C)c(N)c1=O. The van der Waals surface area contributed by atoms with Gasteiger partial charge in [0.2, 0.25) is 52.7 Å². The fourth-order valence-corrected chi connectivity index (χ4v) is 12.3. The number of amides is 10. The maximum absolute atomic E-state index is 15.2. The molecule has 4 fully saturated rings. The van der Waals surface area contributed by atoms with Crippen LogP contribution in [0.25, 0.3) is 22.6 Å². The molecule has 7 N–H and O–H groups in total. The summed E-state index contributed by atoms with van der Waals surface area (Å²) in [5, 5.41) is 21.4. The van der Waals surface area contributed by atoms with Crippen LogP contribution in [-0.4, -0.2) is 232 Å². The first-order valence-electron chi connectivity index (χ1n) is 30.6. The molecule has 0 bridgehead atoms. The third-order valence-corrected chi connectivity index (χ3v) is 17.5. The van der Waals surface area contributed by atoms with Crippen LogP contribution in [0.1, 0.15) is 120 Å². The van der Waals surface area contributed by atoms with E-state index in [0.29, 0.717) is 12.0 Å². The highest BCUT2D eigenvalue weighted by Gasteiger charge is 2.48. The number of nitrogens with one attached hydrogen (secondary N) is 4. The van der Waals surface area contributed by atoms with E-state index in [2.05, 4.69) is 21.3 Å². The number of aliphatic hydroxyl groups excluding tert-OH is 1. The summed E-state index contributed by atoms with van der Waals surface area (Å²) >= 11 is 0. The van der Waals surface area contributed by atoms with Gasteiger partial charge >= 0.3 is 11.9 Å². The lowest BCUT2D eigenvalue weighted by atomic mass is 9.98. The molecule has 91 heavy (non-hydrogen) atoms. The number of carbonyl (C=O) groups excluding carboxylic acids is 12. The lowest BCUT2D eigenvalue weighted by Gasteiger charge is -2.36. The standard InChI is InChI=1S/C62H86N12O17/c1-26(2)42-59(85)73-21-17-18-36(73)57(83)69(13)24-38(76)71(15)48(28(5)6)61(87)89-32(11)44(55(81)65-42)67-53(79)35-20-19-30(9)51-46(35)64-47-40(41(63)50(78)31(10)52(47)91-51)54(80)68-45-33(12)90-62(88)49(29(7)8)72(16)39(77)25-70(14)58(84)37-22-34(75)23-74(37)60(86)43(27(3)4)66-56(45)82/h19-20,26-29,32-34,36-37,42-45,48-49,75H,17-18,21-25,63H2,1-16H3,(H,65,81)(H,66,82)(H,67,79)(H,68,80)/t32?,33?,34?,36-,37-,42+,43+,44-,45-,48-,49-/m0/s1. The number of nitrogens with zero attached hydrogens (tertiary/aromatic N) is 7. The molecule has 4 saturated heterocycles. The number of aryl methyl sites for hydroxylation is 1. The van der Waals surface area contributed by atoms with E-state index in [9.17, 15) is 57.8 Å². The highest BCUT2D eigenvalue weighted by atomic mass is 16.6. The predicted octanol–water partition coefficient (Wildman–Crippen LogP) is -0.304. The zero-order valence-corrected chi connectivity index (χ0v) is 54.5. The molecule has 496 valence electrons. The first-order chi connectivity index (χ1) is 42.5. The third kappa shape index (κ3) is 14.1. The van der Waals surface area contributed by atoms with Crippen molar-refractivity contribution in [1.29, 1.82) is 0 Å². The molecule has 10 amide bonds.